The third-order valence-corrected chi connectivity index (χ3v) is 5.18. The maximum absolute atomic E-state index is 13.2. The molecule has 0 radical (unpaired) electrons. The number of anilines is 1. The van der Waals surface area contributed by atoms with Crippen molar-refractivity contribution in [3.05, 3.63) is 69.9 Å². The van der Waals surface area contributed by atoms with Crippen molar-refractivity contribution in [3.63, 3.8) is 0 Å². The van der Waals surface area contributed by atoms with E-state index < -0.39 is 0 Å². The molecule has 0 spiro atoms. The van der Waals surface area contributed by atoms with E-state index in [4.69, 9.17) is 16.3 Å². The normalized spacial score (nSPS) is 14.3. The van der Waals surface area contributed by atoms with E-state index in [0.29, 0.717) is 41.4 Å². The number of carbonyl (C=O) groups excluding carboxylic acids is 2. The molecule has 0 unspecified atom stereocenters. The van der Waals surface area contributed by atoms with Crippen LogP contribution >= 0.6 is 11.6 Å². The molecule has 1 N–H and O–H groups in total. The number of amides is 2. The molecule has 0 aliphatic carbocycles. The second-order valence-corrected chi connectivity index (χ2v) is 8.17. The van der Waals surface area contributed by atoms with Crippen molar-refractivity contribution in [1.82, 2.24) is 4.90 Å². The summed E-state index contributed by atoms with van der Waals surface area (Å²) >= 11 is 6.14. The van der Waals surface area contributed by atoms with Crippen molar-refractivity contribution in [2.24, 2.45) is 0 Å². The van der Waals surface area contributed by atoms with Gasteiger partial charge in [-0.15, -0.1) is 0 Å². The van der Waals surface area contributed by atoms with Gasteiger partial charge in [0.15, 0.2) is 0 Å². The van der Waals surface area contributed by atoms with Crippen LogP contribution in [0.25, 0.3) is 5.57 Å². The van der Waals surface area contributed by atoms with Gasteiger partial charge in [0.05, 0.1) is 11.7 Å². The first-order valence-corrected chi connectivity index (χ1v) is 10.5. The van der Waals surface area contributed by atoms with Crippen LogP contribution < -0.4 is 5.32 Å². The van der Waals surface area contributed by atoms with Crippen LogP contribution in [0.15, 0.2) is 48.2 Å². The molecular weight excluding hydrogens is 400 g/mol. The van der Waals surface area contributed by atoms with E-state index in [-0.39, 0.29) is 23.6 Å². The summed E-state index contributed by atoms with van der Waals surface area (Å²) in [5, 5.41) is 3.74. The summed E-state index contributed by atoms with van der Waals surface area (Å²) < 4.78 is 5.56. The summed E-state index contributed by atoms with van der Waals surface area (Å²) in [6.45, 7) is 8.61. The maximum Gasteiger partial charge on any atom is 0.278 e. The zero-order valence-corrected chi connectivity index (χ0v) is 18.5. The molecule has 2 amide bonds. The van der Waals surface area contributed by atoms with Gasteiger partial charge in [-0.3, -0.25) is 14.5 Å². The van der Waals surface area contributed by atoms with Crippen LogP contribution in [0.2, 0.25) is 5.02 Å². The van der Waals surface area contributed by atoms with E-state index in [1.54, 1.807) is 12.1 Å². The molecule has 1 aliphatic heterocycles. The molecule has 0 bridgehead atoms. The Morgan fingerprint density at radius 2 is 1.73 bits per heavy atom. The molecule has 1 heterocycles. The van der Waals surface area contributed by atoms with Crippen molar-refractivity contribution < 1.29 is 14.3 Å². The number of nitrogens with zero attached hydrogens (tertiary/aromatic N) is 1. The van der Waals surface area contributed by atoms with Gasteiger partial charge in [-0.25, -0.2) is 0 Å². The number of hydrogen-bond donors (Lipinski definition) is 1. The molecule has 3 rings (SSSR count). The van der Waals surface area contributed by atoms with E-state index in [1.807, 2.05) is 58.0 Å². The van der Waals surface area contributed by atoms with Crippen LogP contribution in [0.5, 0.6) is 0 Å². The number of imide groups is 1. The van der Waals surface area contributed by atoms with E-state index in [0.717, 1.165) is 11.1 Å². The highest BCUT2D eigenvalue weighted by molar-refractivity contribution is 6.36. The lowest BCUT2D eigenvalue weighted by Gasteiger charge is -2.16. The number of hydrogen-bond acceptors (Lipinski definition) is 4. The first-order chi connectivity index (χ1) is 14.3. The van der Waals surface area contributed by atoms with Crippen LogP contribution in [-0.2, 0) is 14.3 Å². The molecular formula is C24H27ClN2O3. The highest BCUT2D eigenvalue weighted by Gasteiger charge is 2.39. The molecule has 0 saturated heterocycles. The van der Waals surface area contributed by atoms with Gasteiger partial charge in [0.2, 0.25) is 0 Å². The summed E-state index contributed by atoms with van der Waals surface area (Å²) in [5.41, 5.74) is 4.08. The molecule has 6 heteroatoms. The Kier molecular flexibility index (Phi) is 6.95. The lowest BCUT2D eigenvalue weighted by molar-refractivity contribution is -0.137. The quantitative estimate of drug-likeness (QED) is 0.478. The first kappa shape index (κ1) is 22.1. The van der Waals surface area contributed by atoms with Gasteiger partial charge in [0.1, 0.15) is 5.70 Å². The number of benzene rings is 2. The number of aryl methyl sites for hydroxylation is 2. The fourth-order valence-electron chi connectivity index (χ4n) is 3.29. The van der Waals surface area contributed by atoms with Gasteiger partial charge in [0.25, 0.3) is 11.8 Å². The fraction of sp³-hybridized carbons (Fsp3) is 0.333. The largest absolute Gasteiger partial charge is 0.379 e. The molecule has 158 valence electrons. The molecule has 2 aromatic rings. The Balaban J connectivity index is 1.94. The van der Waals surface area contributed by atoms with Gasteiger partial charge in [-0.1, -0.05) is 47.5 Å². The van der Waals surface area contributed by atoms with E-state index in [1.165, 1.54) is 4.90 Å². The van der Waals surface area contributed by atoms with Gasteiger partial charge >= 0.3 is 0 Å². The average molecular weight is 427 g/mol. The van der Waals surface area contributed by atoms with Crippen LogP contribution in [0.3, 0.4) is 0 Å². The Morgan fingerprint density at radius 3 is 2.40 bits per heavy atom. The Labute approximate surface area is 182 Å². The Bertz CT molecular complexity index is 980. The first-order valence-electron chi connectivity index (χ1n) is 10.1. The minimum absolute atomic E-state index is 0.110. The smallest absolute Gasteiger partial charge is 0.278 e. The molecule has 0 saturated carbocycles. The Morgan fingerprint density at radius 1 is 1.03 bits per heavy atom. The van der Waals surface area contributed by atoms with E-state index in [2.05, 4.69) is 5.32 Å². The van der Waals surface area contributed by atoms with Gasteiger partial charge in [-0.05, 0) is 57.4 Å². The van der Waals surface area contributed by atoms with Crippen molar-refractivity contribution in [1.29, 1.82) is 0 Å². The van der Waals surface area contributed by atoms with Crippen LogP contribution in [0, 0.1) is 13.8 Å². The molecule has 2 aromatic carbocycles. The van der Waals surface area contributed by atoms with Crippen molar-refractivity contribution >= 4 is 34.7 Å². The zero-order chi connectivity index (χ0) is 21.8. The number of carbonyl (C=O) groups is 2. The topological polar surface area (TPSA) is 58.6 Å². The minimum atomic E-state index is -0.334. The predicted molar refractivity (Wildman–Crippen MR) is 120 cm³/mol. The Hall–Kier alpha value is -2.63. The maximum atomic E-state index is 13.2. The van der Waals surface area contributed by atoms with Crippen molar-refractivity contribution in [2.75, 3.05) is 18.5 Å². The second kappa shape index (κ2) is 9.45. The highest BCUT2D eigenvalue weighted by Crippen LogP contribution is 2.32. The van der Waals surface area contributed by atoms with Crippen molar-refractivity contribution in [2.45, 2.75) is 40.2 Å². The van der Waals surface area contributed by atoms with E-state index in [9.17, 15) is 9.59 Å². The minimum Gasteiger partial charge on any atom is -0.379 e. The predicted octanol–water partition coefficient (Wildman–Crippen LogP) is 4.96. The fourth-order valence-corrected chi connectivity index (χ4v) is 3.46. The zero-order valence-electron chi connectivity index (χ0n) is 17.8. The van der Waals surface area contributed by atoms with Crippen LogP contribution in [-0.4, -0.2) is 36.0 Å². The van der Waals surface area contributed by atoms with E-state index >= 15 is 0 Å². The number of halogens is 1. The molecule has 5 nitrogen and oxygen atoms in total. The molecule has 0 fully saturated rings. The summed E-state index contributed by atoms with van der Waals surface area (Å²) in [6, 6.07) is 13.0. The molecule has 0 atom stereocenters. The average Bonchev–Trinajstić information content (AvgIpc) is 2.92. The summed E-state index contributed by atoms with van der Waals surface area (Å²) in [7, 11) is 0. The summed E-state index contributed by atoms with van der Waals surface area (Å²) in [6.07, 6.45) is 0.694. The SMILES string of the molecule is Cc1ccc(C2=C(Nc3cc(Cl)ccc3C)C(=O)N(CCCOC(C)C)C2=O)cc1. The van der Waals surface area contributed by atoms with Gasteiger partial charge in [-0.2, -0.15) is 0 Å². The monoisotopic (exact) mass is 426 g/mol. The lowest BCUT2D eigenvalue weighted by Crippen LogP contribution is -2.34. The molecule has 30 heavy (non-hydrogen) atoms. The van der Waals surface area contributed by atoms with Gasteiger partial charge in [0, 0.05) is 23.9 Å². The highest BCUT2D eigenvalue weighted by atomic mass is 35.5. The van der Waals surface area contributed by atoms with Crippen LogP contribution in [0.4, 0.5) is 5.69 Å². The third kappa shape index (κ3) is 4.91. The summed E-state index contributed by atoms with van der Waals surface area (Å²) in [4.78, 5) is 27.7. The second-order valence-electron chi connectivity index (χ2n) is 7.74. The molecule has 0 aromatic heterocycles. The van der Waals surface area contributed by atoms with Crippen LogP contribution in [0.1, 0.15) is 37.0 Å². The standard InChI is InChI=1S/C24H27ClN2O3/c1-15(2)30-13-5-12-27-23(28)21(18-9-6-16(3)7-10-18)22(24(27)29)26-20-14-19(25)11-8-17(20)4/h6-11,14-15,26H,5,12-13H2,1-4H3. The number of rotatable bonds is 8. The van der Waals surface area contributed by atoms with Crippen molar-refractivity contribution in [3.8, 4) is 0 Å². The summed E-state index contributed by atoms with van der Waals surface area (Å²) in [5.74, 6) is -0.630. The number of ether oxygens (including phenoxy) is 1. The van der Waals surface area contributed by atoms with Gasteiger partial charge < -0.3 is 10.1 Å². The lowest BCUT2D eigenvalue weighted by atomic mass is 10.0. The third-order valence-electron chi connectivity index (χ3n) is 4.94. The number of nitrogens with one attached hydrogen (secondary N) is 1. The molecule has 1 aliphatic rings.